The van der Waals surface area contributed by atoms with Gasteiger partial charge in [0.1, 0.15) is 11.4 Å². The largest absolute Gasteiger partial charge is 0.352 e. The maximum atomic E-state index is 14.1. The van der Waals surface area contributed by atoms with Gasteiger partial charge in [-0.1, -0.05) is 36.4 Å². The summed E-state index contributed by atoms with van der Waals surface area (Å²) in [5, 5.41) is 2.86. The summed E-state index contributed by atoms with van der Waals surface area (Å²) in [7, 11) is -3.56. The molecule has 9 heteroatoms. The highest BCUT2D eigenvalue weighted by Gasteiger charge is 2.40. The van der Waals surface area contributed by atoms with Crippen molar-refractivity contribution in [2.24, 2.45) is 5.92 Å². The van der Waals surface area contributed by atoms with Gasteiger partial charge in [-0.25, -0.2) is 12.8 Å². The van der Waals surface area contributed by atoms with Crippen molar-refractivity contribution in [3.05, 3.63) is 71.6 Å². The zero-order chi connectivity index (χ0) is 22.8. The molecule has 1 aliphatic heterocycles. The van der Waals surface area contributed by atoms with E-state index >= 15 is 0 Å². The summed E-state index contributed by atoms with van der Waals surface area (Å²) in [4.78, 5) is 18.5. The van der Waals surface area contributed by atoms with Crippen LogP contribution in [0.25, 0.3) is 5.70 Å². The molecule has 0 bridgehead atoms. The minimum Gasteiger partial charge on any atom is -0.352 e. The fourth-order valence-electron chi connectivity index (χ4n) is 4.14. The van der Waals surface area contributed by atoms with Crippen molar-refractivity contribution < 1.29 is 22.4 Å². The first-order valence-electron chi connectivity index (χ1n) is 10.5. The molecule has 3 N–H and O–H groups in total. The number of hydrogen-bond donors (Lipinski definition) is 3. The molecule has 0 radical (unpaired) electrons. The van der Waals surface area contributed by atoms with Gasteiger partial charge >= 0.3 is 0 Å². The number of hydrogen-bond acceptors (Lipinski definition) is 5. The number of amides is 1. The fraction of sp³-hybridized carbons (Fsp3) is 0.348. The summed E-state index contributed by atoms with van der Waals surface area (Å²) in [6.45, 7) is 0.173. The Bertz CT molecular complexity index is 1130. The van der Waals surface area contributed by atoms with Gasteiger partial charge in [-0.3, -0.25) is 19.8 Å². The molecule has 2 aromatic carbocycles. The van der Waals surface area contributed by atoms with Crippen LogP contribution in [0.1, 0.15) is 36.8 Å². The SMILES string of the molecule is CS(=O)(=O)Nc1ccc(CNC(=O)C2CCC3(C=C(c4ccccc4)NO3)CC2)cc1F. The first-order chi connectivity index (χ1) is 15.2. The number of nitrogens with one attached hydrogen (secondary N) is 3. The quantitative estimate of drug-likeness (QED) is 0.616. The molecule has 1 amide bonds. The van der Waals surface area contributed by atoms with Gasteiger partial charge in [-0.15, -0.1) is 0 Å². The summed E-state index contributed by atoms with van der Waals surface area (Å²) in [6.07, 6.45) is 5.92. The smallest absolute Gasteiger partial charge is 0.229 e. The van der Waals surface area contributed by atoms with Gasteiger partial charge in [0.15, 0.2) is 0 Å². The van der Waals surface area contributed by atoms with Crippen molar-refractivity contribution >= 4 is 27.3 Å². The highest BCUT2D eigenvalue weighted by atomic mass is 32.2. The summed E-state index contributed by atoms with van der Waals surface area (Å²) in [6, 6.07) is 14.1. The second-order valence-corrected chi connectivity index (χ2v) is 10.1. The first-order valence-corrected chi connectivity index (χ1v) is 12.4. The maximum absolute atomic E-state index is 14.1. The number of anilines is 1. The summed E-state index contributed by atoms with van der Waals surface area (Å²) in [5.41, 5.74) is 5.09. The zero-order valence-electron chi connectivity index (χ0n) is 17.7. The lowest BCUT2D eigenvalue weighted by Crippen LogP contribution is -2.39. The lowest BCUT2D eigenvalue weighted by atomic mass is 9.78. The molecule has 1 saturated carbocycles. The molecule has 0 unspecified atom stereocenters. The molecule has 7 nitrogen and oxygen atoms in total. The summed E-state index contributed by atoms with van der Waals surface area (Å²) >= 11 is 0. The number of hydroxylamine groups is 1. The molecule has 0 aromatic heterocycles. The van der Waals surface area contributed by atoms with E-state index in [1.807, 2.05) is 30.3 Å². The lowest BCUT2D eigenvalue weighted by molar-refractivity contribution is -0.129. The molecule has 2 aromatic rings. The van der Waals surface area contributed by atoms with Crippen LogP contribution < -0.4 is 15.5 Å². The van der Waals surface area contributed by atoms with Crippen molar-refractivity contribution in [2.75, 3.05) is 11.0 Å². The molecule has 1 spiro atoms. The van der Waals surface area contributed by atoms with Gasteiger partial charge in [0.25, 0.3) is 0 Å². The molecule has 1 fully saturated rings. The number of carbonyl (C=O) groups is 1. The number of carbonyl (C=O) groups excluding carboxylic acids is 1. The normalized spacial score (nSPS) is 22.8. The summed E-state index contributed by atoms with van der Waals surface area (Å²) in [5.74, 6) is -0.889. The minimum atomic E-state index is -3.56. The van der Waals surface area contributed by atoms with Crippen molar-refractivity contribution in [3.8, 4) is 0 Å². The van der Waals surface area contributed by atoms with Gasteiger partial charge in [-0.05, 0) is 55.0 Å². The number of halogens is 1. The van der Waals surface area contributed by atoms with Crippen molar-refractivity contribution in [1.29, 1.82) is 0 Å². The Morgan fingerprint density at radius 1 is 1.19 bits per heavy atom. The molecule has 0 atom stereocenters. The van der Waals surface area contributed by atoms with E-state index in [4.69, 9.17) is 4.84 Å². The summed E-state index contributed by atoms with van der Waals surface area (Å²) < 4.78 is 38.8. The standard InChI is InChI=1S/C23H26FN3O4S/c1-32(29,30)27-20-8-7-16(13-19(20)24)15-25-22(28)18-9-11-23(12-10-18)14-21(26-31-23)17-5-3-2-4-6-17/h2-8,13-14,18,26-27H,9-12,15H2,1H3,(H,25,28). The van der Waals surface area contributed by atoms with Crippen LogP contribution in [0.15, 0.2) is 54.6 Å². The monoisotopic (exact) mass is 459 g/mol. The Hall–Kier alpha value is -2.91. The van der Waals surface area contributed by atoms with Gasteiger partial charge < -0.3 is 5.32 Å². The van der Waals surface area contributed by atoms with Gasteiger partial charge in [0.2, 0.25) is 15.9 Å². The fourth-order valence-corrected chi connectivity index (χ4v) is 4.70. The molecule has 2 aliphatic rings. The third-order valence-corrected chi connectivity index (χ3v) is 6.45. The predicted octanol–water partition coefficient (Wildman–Crippen LogP) is 3.32. The molecule has 1 heterocycles. The van der Waals surface area contributed by atoms with Crippen LogP contribution in [-0.4, -0.2) is 26.2 Å². The van der Waals surface area contributed by atoms with E-state index in [0.29, 0.717) is 18.4 Å². The molecule has 1 aliphatic carbocycles. The zero-order valence-corrected chi connectivity index (χ0v) is 18.5. The number of rotatable bonds is 6. The van der Waals surface area contributed by atoms with Crippen molar-refractivity contribution in [3.63, 3.8) is 0 Å². The topological polar surface area (TPSA) is 96.5 Å². The van der Waals surface area contributed by atoms with Gasteiger partial charge in [0.05, 0.1) is 17.6 Å². The van der Waals surface area contributed by atoms with Crippen LogP contribution in [-0.2, 0) is 26.2 Å². The average Bonchev–Trinajstić information content (AvgIpc) is 3.17. The van der Waals surface area contributed by atoms with E-state index in [0.717, 1.165) is 30.4 Å². The Kier molecular flexibility index (Phi) is 6.21. The van der Waals surface area contributed by atoms with E-state index in [1.165, 1.54) is 12.1 Å². The van der Waals surface area contributed by atoms with Gasteiger partial charge in [0, 0.05) is 12.5 Å². The number of benzene rings is 2. The van der Waals surface area contributed by atoms with E-state index in [2.05, 4.69) is 21.6 Å². The highest BCUT2D eigenvalue weighted by Crippen LogP contribution is 2.40. The third kappa shape index (κ3) is 5.28. The van der Waals surface area contributed by atoms with E-state index < -0.39 is 21.4 Å². The first kappa shape index (κ1) is 22.3. The Morgan fingerprint density at radius 3 is 2.56 bits per heavy atom. The van der Waals surface area contributed by atoms with E-state index in [1.54, 1.807) is 6.07 Å². The molecule has 32 heavy (non-hydrogen) atoms. The highest BCUT2D eigenvalue weighted by molar-refractivity contribution is 7.92. The minimum absolute atomic E-state index is 0.0724. The van der Waals surface area contributed by atoms with E-state index in [9.17, 15) is 17.6 Å². The maximum Gasteiger partial charge on any atom is 0.229 e. The second kappa shape index (κ2) is 8.91. The Balaban J connectivity index is 1.30. The van der Waals surface area contributed by atoms with Crippen LogP contribution in [0.4, 0.5) is 10.1 Å². The molecule has 0 saturated heterocycles. The van der Waals surface area contributed by atoms with Crippen LogP contribution in [0.2, 0.25) is 0 Å². The Morgan fingerprint density at radius 2 is 1.91 bits per heavy atom. The predicted molar refractivity (Wildman–Crippen MR) is 120 cm³/mol. The van der Waals surface area contributed by atoms with Crippen molar-refractivity contribution in [1.82, 2.24) is 10.8 Å². The van der Waals surface area contributed by atoms with Gasteiger partial charge in [-0.2, -0.15) is 0 Å². The molecule has 4 rings (SSSR count). The van der Waals surface area contributed by atoms with Crippen molar-refractivity contribution in [2.45, 2.75) is 37.8 Å². The molecular formula is C23H26FN3O4S. The third-order valence-electron chi connectivity index (χ3n) is 5.85. The number of sulfonamides is 1. The second-order valence-electron chi connectivity index (χ2n) is 8.37. The Labute approximate surface area is 187 Å². The average molecular weight is 460 g/mol. The van der Waals surface area contributed by atoms with Crippen LogP contribution >= 0.6 is 0 Å². The molecular weight excluding hydrogens is 433 g/mol. The van der Waals surface area contributed by atoms with Crippen LogP contribution in [0.3, 0.4) is 0 Å². The van der Waals surface area contributed by atoms with E-state index in [-0.39, 0.29) is 24.1 Å². The van der Waals surface area contributed by atoms with Crippen LogP contribution in [0, 0.1) is 11.7 Å². The van der Waals surface area contributed by atoms with Crippen LogP contribution in [0.5, 0.6) is 0 Å². The molecule has 170 valence electrons. The lowest BCUT2D eigenvalue weighted by Gasteiger charge is -2.33.